The summed E-state index contributed by atoms with van der Waals surface area (Å²) in [5.41, 5.74) is 3.69. The third kappa shape index (κ3) is 4.76. The van der Waals surface area contributed by atoms with E-state index in [0.29, 0.717) is 12.0 Å². The molecule has 1 aliphatic rings. The second kappa shape index (κ2) is 9.22. The van der Waals surface area contributed by atoms with Gasteiger partial charge in [0.15, 0.2) is 10.9 Å². The molecule has 2 aromatic carbocycles. The van der Waals surface area contributed by atoms with Gasteiger partial charge in [0.1, 0.15) is 0 Å². The van der Waals surface area contributed by atoms with Crippen LogP contribution < -0.4 is 4.90 Å². The number of hydrogen-bond donors (Lipinski definition) is 1. The summed E-state index contributed by atoms with van der Waals surface area (Å²) in [5, 5.41) is 12.2. The van der Waals surface area contributed by atoms with Gasteiger partial charge in [-0.15, -0.1) is 11.3 Å². The van der Waals surface area contributed by atoms with E-state index >= 15 is 0 Å². The summed E-state index contributed by atoms with van der Waals surface area (Å²) in [6, 6.07) is 14.2. The van der Waals surface area contributed by atoms with Crippen LogP contribution in [-0.4, -0.2) is 34.9 Å². The lowest BCUT2D eigenvalue weighted by Crippen LogP contribution is -2.29. The fourth-order valence-electron chi connectivity index (χ4n) is 3.80. The van der Waals surface area contributed by atoms with Crippen molar-refractivity contribution in [2.24, 2.45) is 0 Å². The molecule has 6 heteroatoms. The topological polar surface area (TPSA) is 70.5 Å². The van der Waals surface area contributed by atoms with Gasteiger partial charge >= 0.3 is 5.97 Å². The number of carboxylic acid groups (broad SMARTS) is 1. The standard InChI is InChI=1S/C24H24N2O3S/c27-22(14-17-8-10-18(11-9-17)23(28)29)21-7-3-2-6-19(21)15-20-16-30-24(25-20)26-12-4-1-5-13-26/h2-3,6-11,16H,1,4-5,12-15H2,(H,28,29). The molecular weight excluding hydrogens is 396 g/mol. The Morgan fingerprint density at radius 1 is 1.00 bits per heavy atom. The number of rotatable bonds is 7. The van der Waals surface area contributed by atoms with Gasteiger partial charge in [-0.05, 0) is 42.5 Å². The van der Waals surface area contributed by atoms with E-state index in [1.54, 1.807) is 23.5 Å². The van der Waals surface area contributed by atoms with Gasteiger partial charge in [0, 0.05) is 36.9 Å². The number of hydrogen-bond acceptors (Lipinski definition) is 5. The molecule has 0 amide bonds. The number of anilines is 1. The van der Waals surface area contributed by atoms with E-state index in [9.17, 15) is 9.59 Å². The van der Waals surface area contributed by atoms with Gasteiger partial charge in [-0.3, -0.25) is 4.79 Å². The summed E-state index contributed by atoms with van der Waals surface area (Å²) in [5.74, 6) is -0.939. The number of aromatic nitrogens is 1. The lowest BCUT2D eigenvalue weighted by atomic mass is 9.96. The Hall–Kier alpha value is -2.99. The summed E-state index contributed by atoms with van der Waals surface area (Å²) in [6.07, 6.45) is 4.61. The van der Waals surface area contributed by atoms with E-state index in [2.05, 4.69) is 10.3 Å². The molecule has 0 radical (unpaired) electrons. The molecule has 0 aliphatic carbocycles. The monoisotopic (exact) mass is 420 g/mol. The maximum absolute atomic E-state index is 13.0. The summed E-state index contributed by atoms with van der Waals surface area (Å²) in [4.78, 5) is 31.1. The van der Waals surface area contributed by atoms with E-state index < -0.39 is 5.97 Å². The first-order valence-electron chi connectivity index (χ1n) is 10.2. The molecular formula is C24H24N2O3S. The number of Topliss-reactive ketones (excluding diaryl/α,β-unsaturated/α-hetero) is 1. The molecule has 1 aromatic heterocycles. The molecule has 30 heavy (non-hydrogen) atoms. The van der Waals surface area contributed by atoms with Crippen molar-refractivity contribution in [1.29, 1.82) is 0 Å². The van der Waals surface area contributed by atoms with Crippen molar-refractivity contribution in [3.8, 4) is 0 Å². The van der Waals surface area contributed by atoms with Crippen LogP contribution in [0.5, 0.6) is 0 Å². The maximum Gasteiger partial charge on any atom is 0.335 e. The minimum atomic E-state index is -0.967. The molecule has 4 rings (SSSR count). The number of benzene rings is 2. The lowest BCUT2D eigenvalue weighted by molar-refractivity contribution is 0.0696. The molecule has 1 fully saturated rings. The number of carboxylic acids is 1. The smallest absolute Gasteiger partial charge is 0.335 e. The molecule has 0 saturated carbocycles. The van der Waals surface area contributed by atoms with Crippen LogP contribution in [0.1, 0.15) is 56.8 Å². The molecule has 2 heterocycles. The molecule has 1 saturated heterocycles. The summed E-state index contributed by atoms with van der Waals surface area (Å²) in [6.45, 7) is 2.14. The Kier molecular flexibility index (Phi) is 6.23. The molecule has 0 spiro atoms. The second-order valence-corrected chi connectivity index (χ2v) is 8.44. The van der Waals surface area contributed by atoms with Crippen molar-refractivity contribution >= 4 is 28.2 Å². The van der Waals surface area contributed by atoms with Crippen LogP contribution in [0, 0.1) is 0 Å². The third-order valence-electron chi connectivity index (χ3n) is 5.42. The largest absolute Gasteiger partial charge is 0.478 e. The van der Waals surface area contributed by atoms with Gasteiger partial charge in [0.05, 0.1) is 11.3 Å². The number of carbonyl (C=O) groups excluding carboxylic acids is 1. The summed E-state index contributed by atoms with van der Waals surface area (Å²) in [7, 11) is 0. The third-order valence-corrected chi connectivity index (χ3v) is 6.37. The molecule has 1 N–H and O–H groups in total. The Balaban J connectivity index is 1.47. The van der Waals surface area contributed by atoms with Crippen molar-refractivity contribution in [2.75, 3.05) is 18.0 Å². The van der Waals surface area contributed by atoms with Gasteiger partial charge in [-0.1, -0.05) is 36.4 Å². The number of nitrogens with zero attached hydrogens (tertiary/aromatic N) is 2. The van der Waals surface area contributed by atoms with Crippen molar-refractivity contribution in [1.82, 2.24) is 4.98 Å². The highest BCUT2D eigenvalue weighted by Gasteiger charge is 2.17. The Bertz CT molecular complexity index is 1040. The van der Waals surface area contributed by atoms with E-state index in [-0.39, 0.29) is 17.8 Å². The van der Waals surface area contributed by atoms with Crippen LogP contribution >= 0.6 is 11.3 Å². The van der Waals surface area contributed by atoms with Gasteiger partial charge in [-0.25, -0.2) is 9.78 Å². The molecule has 0 bridgehead atoms. The van der Waals surface area contributed by atoms with Crippen LogP contribution in [0.3, 0.4) is 0 Å². The fourth-order valence-corrected chi connectivity index (χ4v) is 4.67. The zero-order valence-corrected chi connectivity index (χ0v) is 17.5. The van der Waals surface area contributed by atoms with Crippen molar-refractivity contribution in [3.05, 3.63) is 81.9 Å². The minimum Gasteiger partial charge on any atom is -0.478 e. The zero-order chi connectivity index (χ0) is 20.9. The van der Waals surface area contributed by atoms with Crippen LogP contribution in [0.4, 0.5) is 5.13 Å². The number of aromatic carboxylic acids is 1. The zero-order valence-electron chi connectivity index (χ0n) is 16.7. The molecule has 0 unspecified atom stereocenters. The van der Waals surface area contributed by atoms with Crippen molar-refractivity contribution in [3.63, 3.8) is 0 Å². The van der Waals surface area contributed by atoms with E-state index in [4.69, 9.17) is 10.1 Å². The fraction of sp³-hybridized carbons (Fsp3) is 0.292. The lowest BCUT2D eigenvalue weighted by Gasteiger charge is -2.25. The molecule has 5 nitrogen and oxygen atoms in total. The van der Waals surface area contributed by atoms with E-state index in [1.807, 2.05) is 24.3 Å². The second-order valence-electron chi connectivity index (χ2n) is 7.61. The predicted octanol–water partition coefficient (Wildman–Crippen LogP) is 4.85. The summed E-state index contributed by atoms with van der Waals surface area (Å²) >= 11 is 1.68. The summed E-state index contributed by atoms with van der Waals surface area (Å²) < 4.78 is 0. The number of piperidine rings is 1. The first kappa shape index (κ1) is 20.3. The molecule has 1 aliphatic heterocycles. The Morgan fingerprint density at radius 3 is 2.47 bits per heavy atom. The minimum absolute atomic E-state index is 0.0279. The first-order valence-corrected chi connectivity index (χ1v) is 11.1. The van der Waals surface area contributed by atoms with Gasteiger partial charge in [0.2, 0.25) is 0 Å². The normalized spacial score (nSPS) is 13.9. The molecule has 154 valence electrons. The number of ketones is 1. The van der Waals surface area contributed by atoms with E-state index in [1.165, 1.54) is 31.4 Å². The average molecular weight is 421 g/mol. The highest BCUT2D eigenvalue weighted by molar-refractivity contribution is 7.13. The highest BCUT2D eigenvalue weighted by atomic mass is 32.1. The molecule has 0 atom stereocenters. The molecule has 3 aromatic rings. The van der Waals surface area contributed by atoms with Crippen LogP contribution in [0.15, 0.2) is 53.9 Å². The first-order chi connectivity index (χ1) is 14.6. The van der Waals surface area contributed by atoms with Crippen molar-refractivity contribution in [2.45, 2.75) is 32.1 Å². The SMILES string of the molecule is O=C(O)c1ccc(CC(=O)c2ccccc2Cc2csc(N3CCCCC3)n2)cc1. The van der Waals surface area contributed by atoms with E-state index in [0.717, 1.165) is 35.0 Å². The quantitative estimate of drug-likeness (QED) is 0.554. The number of carbonyl (C=O) groups is 2. The van der Waals surface area contributed by atoms with Gasteiger partial charge in [0.25, 0.3) is 0 Å². The van der Waals surface area contributed by atoms with Crippen molar-refractivity contribution < 1.29 is 14.7 Å². The average Bonchev–Trinajstić information content (AvgIpc) is 3.23. The van der Waals surface area contributed by atoms with Crippen LogP contribution in [0.25, 0.3) is 0 Å². The number of thiazole rings is 1. The maximum atomic E-state index is 13.0. The van der Waals surface area contributed by atoms with Crippen LogP contribution in [0.2, 0.25) is 0 Å². The highest BCUT2D eigenvalue weighted by Crippen LogP contribution is 2.26. The van der Waals surface area contributed by atoms with Gasteiger partial charge in [-0.2, -0.15) is 0 Å². The predicted molar refractivity (Wildman–Crippen MR) is 119 cm³/mol. The Labute approximate surface area is 180 Å². The Morgan fingerprint density at radius 2 is 1.73 bits per heavy atom. The van der Waals surface area contributed by atoms with Crippen LogP contribution in [-0.2, 0) is 12.8 Å². The van der Waals surface area contributed by atoms with Gasteiger partial charge < -0.3 is 10.0 Å².